The van der Waals surface area contributed by atoms with Crippen molar-refractivity contribution in [2.45, 2.75) is 43.1 Å². The minimum absolute atomic E-state index is 0.131. The molecule has 1 saturated heterocycles. The van der Waals surface area contributed by atoms with Crippen LogP contribution in [0.2, 0.25) is 0 Å². The monoisotopic (exact) mass is 411 g/mol. The van der Waals surface area contributed by atoms with Crippen molar-refractivity contribution in [2.24, 2.45) is 13.0 Å². The van der Waals surface area contributed by atoms with Gasteiger partial charge in [0.15, 0.2) is 11.4 Å². The molecule has 2 atom stereocenters. The lowest BCUT2D eigenvalue weighted by Gasteiger charge is -2.39. The number of hydrogen-bond donors (Lipinski definition) is 2. The number of nitrogens with one attached hydrogen (secondary N) is 1. The van der Waals surface area contributed by atoms with Crippen LogP contribution in [0.5, 0.6) is 0 Å². The van der Waals surface area contributed by atoms with E-state index in [4.69, 9.17) is 0 Å². The smallest absolute Gasteiger partial charge is 0.230 e. The van der Waals surface area contributed by atoms with Gasteiger partial charge in [0.1, 0.15) is 0 Å². The summed E-state index contributed by atoms with van der Waals surface area (Å²) in [6.45, 7) is 3.75. The highest BCUT2D eigenvalue weighted by Crippen LogP contribution is 2.39. The Labute approximate surface area is 164 Å². The van der Waals surface area contributed by atoms with Gasteiger partial charge in [-0.05, 0) is 44.9 Å². The van der Waals surface area contributed by atoms with Crippen molar-refractivity contribution in [2.75, 3.05) is 18.4 Å². The highest BCUT2D eigenvalue weighted by Gasteiger charge is 2.49. The number of aromatic nitrogens is 3. The zero-order valence-electron chi connectivity index (χ0n) is 16.2. The number of sulfone groups is 1. The zero-order chi connectivity index (χ0) is 20.5. The number of piperidine rings is 1. The lowest BCUT2D eigenvalue weighted by atomic mass is 9.92. The molecule has 0 aromatic carbocycles. The fourth-order valence-corrected chi connectivity index (χ4v) is 5.22. The molecule has 0 aliphatic carbocycles. The van der Waals surface area contributed by atoms with E-state index in [0.29, 0.717) is 31.6 Å². The van der Waals surface area contributed by atoms with Crippen molar-refractivity contribution in [1.29, 1.82) is 0 Å². The fourth-order valence-electron chi connectivity index (χ4n) is 3.50. The van der Waals surface area contributed by atoms with Crippen molar-refractivity contribution < 1.29 is 17.9 Å². The van der Waals surface area contributed by atoms with Crippen molar-refractivity contribution >= 4 is 15.5 Å². The Bertz CT molecular complexity index is 906. The molecule has 0 saturated carbocycles. The van der Waals surface area contributed by atoms with Crippen LogP contribution in [0.25, 0.3) is 0 Å². The van der Waals surface area contributed by atoms with Crippen LogP contribution in [0.4, 0.5) is 10.1 Å². The molecule has 1 aliphatic heterocycles. The highest BCUT2D eigenvalue weighted by atomic mass is 32.2. The SMILES string of the molecule is Cc1ccc(NC(O)N2CCC(C(C)(F)S(=O)(=O)c3ccnn3C)CC2)cn1. The van der Waals surface area contributed by atoms with E-state index < -0.39 is 27.1 Å². The molecular formula is C18H26FN5O3S. The summed E-state index contributed by atoms with van der Waals surface area (Å²) in [6, 6.07) is 4.96. The Hall–Kier alpha value is -2.04. The Morgan fingerprint density at radius 1 is 1.32 bits per heavy atom. The lowest BCUT2D eigenvalue weighted by Crippen LogP contribution is -2.50. The summed E-state index contributed by atoms with van der Waals surface area (Å²) in [5.74, 6) is -0.670. The minimum atomic E-state index is -4.19. The standard InChI is InChI=1S/C18H26FN5O3S/c1-13-4-5-15(12-20-13)22-17(25)24-10-7-14(8-11-24)18(2,19)28(26,27)16-6-9-21-23(16)3/h4-6,9,12,14,17,22,25H,7-8,10-11H2,1-3H3. The number of likely N-dealkylation sites (tertiary alicyclic amines) is 1. The minimum Gasteiger partial charge on any atom is -0.361 e. The molecule has 1 fully saturated rings. The molecule has 2 N–H and O–H groups in total. The molecule has 3 heterocycles. The van der Waals surface area contributed by atoms with E-state index in [-0.39, 0.29) is 5.03 Å². The average Bonchev–Trinajstić information content (AvgIpc) is 3.10. The van der Waals surface area contributed by atoms with Crippen LogP contribution in [-0.4, -0.2) is 57.6 Å². The van der Waals surface area contributed by atoms with E-state index >= 15 is 4.39 Å². The van der Waals surface area contributed by atoms with Gasteiger partial charge in [0, 0.05) is 31.7 Å². The first kappa shape index (κ1) is 20.7. The molecule has 154 valence electrons. The van der Waals surface area contributed by atoms with Crippen molar-refractivity contribution in [1.82, 2.24) is 19.7 Å². The van der Waals surface area contributed by atoms with Gasteiger partial charge in [0.05, 0.1) is 18.1 Å². The summed E-state index contributed by atoms with van der Waals surface area (Å²) in [4.78, 5) is 5.92. The zero-order valence-corrected chi connectivity index (χ0v) is 17.0. The summed E-state index contributed by atoms with van der Waals surface area (Å²) in [5, 5.41) is 14.6. The second kappa shape index (κ2) is 7.76. The molecule has 3 rings (SSSR count). The number of rotatable bonds is 6. The maximum Gasteiger partial charge on any atom is 0.230 e. The molecule has 0 amide bonds. The molecule has 2 aromatic rings. The Morgan fingerprint density at radius 2 is 2.00 bits per heavy atom. The van der Waals surface area contributed by atoms with Crippen molar-refractivity contribution in [3.63, 3.8) is 0 Å². The summed E-state index contributed by atoms with van der Waals surface area (Å²) < 4.78 is 42.3. The second-order valence-corrected chi connectivity index (χ2v) is 9.52. The number of halogens is 1. The van der Waals surface area contributed by atoms with Crippen molar-refractivity contribution in [3.8, 4) is 0 Å². The molecule has 10 heteroatoms. The number of pyridine rings is 1. The van der Waals surface area contributed by atoms with Gasteiger partial charge in [0.25, 0.3) is 0 Å². The highest BCUT2D eigenvalue weighted by molar-refractivity contribution is 7.92. The molecule has 0 spiro atoms. The van der Waals surface area contributed by atoms with Crippen LogP contribution < -0.4 is 5.32 Å². The third kappa shape index (κ3) is 3.89. The summed E-state index contributed by atoms with van der Waals surface area (Å²) in [7, 11) is -2.71. The molecule has 2 aromatic heterocycles. The summed E-state index contributed by atoms with van der Waals surface area (Å²) in [6.07, 6.45) is 2.65. The van der Waals surface area contributed by atoms with E-state index in [2.05, 4.69) is 15.4 Å². The van der Waals surface area contributed by atoms with Gasteiger partial charge in [-0.15, -0.1) is 0 Å². The molecule has 1 aliphatic rings. The van der Waals surface area contributed by atoms with E-state index in [0.717, 1.165) is 12.6 Å². The maximum atomic E-state index is 15.5. The Balaban J connectivity index is 1.64. The van der Waals surface area contributed by atoms with Gasteiger partial charge in [0.2, 0.25) is 14.8 Å². The number of anilines is 1. The van der Waals surface area contributed by atoms with Gasteiger partial charge in [-0.2, -0.15) is 5.10 Å². The largest absolute Gasteiger partial charge is 0.361 e. The average molecular weight is 412 g/mol. The molecule has 0 bridgehead atoms. The number of nitrogens with zero attached hydrogens (tertiary/aromatic N) is 4. The lowest BCUT2D eigenvalue weighted by molar-refractivity contribution is -0.00958. The van der Waals surface area contributed by atoms with Gasteiger partial charge in [-0.3, -0.25) is 14.6 Å². The first-order valence-corrected chi connectivity index (χ1v) is 10.6. The van der Waals surface area contributed by atoms with Gasteiger partial charge < -0.3 is 10.4 Å². The first-order chi connectivity index (χ1) is 13.1. The molecule has 8 nitrogen and oxygen atoms in total. The summed E-state index contributed by atoms with van der Waals surface area (Å²) >= 11 is 0. The maximum absolute atomic E-state index is 15.5. The number of aliphatic hydroxyl groups excluding tert-OH is 1. The second-order valence-electron chi connectivity index (χ2n) is 7.30. The number of hydrogen-bond acceptors (Lipinski definition) is 7. The van der Waals surface area contributed by atoms with Crippen molar-refractivity contribution in [3.05, 3.63) is 36.3 Å². The van der Waals surface area contributed by atoms with Gasteiger partial charge >= 0.3 is 0 Å². The van der Waals surface area contributed by atoms with E-state index in [1.165, 1.54) is 24.0 Å². The number of alkyl halides is 1. The van der Waals surface area contributed by atoms with Gasteiger partial charge in [-0.1, -0.05) is 0 Å². The van der Waals surface area contributed by atoms with E-state index in [9.17, 15) is 13.5 Å². The first-order valence-electron chi connectivity index (χ1n) is 9.16. The fraction of sp³-hybridized carbons (Fsp3) is 0.556. The Kier molecular flexibility index (Phi) is 5.74. The molecule has 28 heavy (non-hydrogen) atoms. The van der Waals surface area contributed by atoms with Crippen LogP contribution >= 0.6 is 0 Å². The molecule has 2 unspecified atom stereocenters. The topological polar surface area (TPSA) is 100 Å². The van der Waals surface area contributed by atoms with E-state index in [1.807, 2.05) is 19.1 Å². The third-order valence-corrected chi connectivity index (χ3v) is 7.72. The van der Waals surface area contributed by atoms with Crippen LogP contribution in [0.1, 0.15) is 25.5 Å². The van der Waals surface area contributed by atoms with Crippen LogP contribution in [0.15, 0.2) is 35.6 Å². The quantitative estimate of drug-likeness (QED) is 0.698. The van der Waals surface area contributed by atoms with Crippen LogP contribution in [0, 0.1) is 12.8 Å². The normalized spacial score (nSPS) is 19.9. The van der Waals surface area contributed by atoms with Crippen LogP contribution in [0.3, 0.4) is 0 Å². The molecule has 0 radical (unpaired) electrons. The number of aryl methyl sites for hydroxylation is 2. The van der Waals surface area contributed by atoms with Crippen LogP contribution in [-0.2, 0) is 16.9 Å². The summed E-state index contributed by atoms with van der Waals surface area (Å²) in [5.41, 5.74) is 1.55. The predicted octanol–water partition coefficient (Wildman–Crippen LogP) is 1.68. The molecular weight excluding hydrogens is 385 g/mol. The number of aliphatic hydroxyl groups is 1. The third-order valence-electron chi connectivity index (χ3n) is 5.39. The Morgan fingerprint density at radius 3 is 2.54 bits per heavy atom. The van der Waals surface area contributed by atoms with E-state index in [1.54, 1.807) is 11.1 Å². The predicted molar refractivity (Wildman–Crippen MR) is 103 cm³/mol. The van der Waals surface area contributed by atoms with Gasteiger partial charge in [-0.25, -0.2) is 12.8 Å².